The van der Waals surface area contributed by atoms with Crippen LogP contribution in [0.2, 0.25) is 0 Å². The molecule has 2 aromatic rings. The molecule has 1 aromatic heterocycles. The number of hydrogen-bond acceptors (Lipinski definition) is 4. The van der Waals surface area contributed by atoms with E-state index in [2.05, 4.69) is 39.7 Å². The van der Waals surface area contributed by atoms with Crippen LogP contribution in [0.25, 0.3) is 11.3 Å². The van der Waals surface area contributed by atoms with Crippen molar-refractivity contribution < 1.29 is 4.79 Å². The third-order valence-electron chi connectivity index (χ3n) is 4.58. The van der Waals surface area contributed by atoms with E-state index >= 15 is 0 Å². The number of thioether (sulfide) groups is 1. The summed E-state index contributed by atoms with van der Waals surface area (Å²) in [5.74, 6) is 0.570. The normalized spacial score (nSPS) is 20.5. The summed E-state index contributed by atoms with van der Waals surface area (Å²) < 4.78 is 1.04. The van der Waals surface area contributed by atoms with Crippen LogP contribution in [0.3, 0.4) is 0 Å². The fraction of sp³-hybridized carbons (Fsp3) is 0.421. The Morgan fingerprint density at radius 2 is 1.88 bits per heavy atom. The number of carbonyl (C=O) groups excluding carboxylic acids is 1. The van der Waals surface area contributed by atoms with E-state index < -0.39 is 0 Å². The summed E-state index contributed by atoms with van der Waals surface area (Å²) in [6, 6.07) is 10.6. The van der Waals surface area contributed by atoms with E-state index in [9.17, 15) is 4.79 Å². The van der Waals surface area contributed by atoms with Gasteiger partial charge in [-0.15, -0.1) is 0 Å². The minimum atomic E-state index is 0.183. The molecule has 4 nitrogen and oxygen atoms in total. The van der Waals surface area contributed by atoms with Crippen LogP contribution >= 0.6 is 27.7 Å². The van der Waals surface area contributed by atoms with Gasteiger partial charge in [-0.05, 0) is 51.3 Å². The monoisotopic (exact) mass is 419 g/mol. The molecule has 1 aliphatic rings. The van der Waals surface area contributed by atoms with Gasteiger partial charge in [0.1, 0.15) is 0 Å². The van der Waals surface area contributed by atoms with E-state index in [1.165, 1.54) is 18.2 Å². The standard InChI is InChI=1S/C19H22BrN3OS/c1-13-4-3-5-14(2)23(13)18(24)12-25-19-21-11-10-17(22-19)15-6-8-16(20)9-7-15/h6-11,13-14H,3-5,12H2,1-2H3/t13-,14-/m1/s1. The van der Waals surface area contributed by atoms with Crippen LogP contribution in [0, 0.1) is 0 Å². The molecule has 0 aliphatic carbocycles. The fourth-order valence-electron chi connectivity index (χ4n) is 3.31. The molecule has 1 aromatic carbocycles. The molecule has 3 rings (SSSR count). The van der Waals surface area contributed by atoms with Gasteiger partial charge in [-0.3, -0.25) is 4.79 Å². The van der Waals surface area contributed by atoms with Crippen molar-refractivity contribution in [2.24, 2.45) is 0 Å². The molecule has 0 saturated carbocycles. The number of aromatic nitrogens is 2. The maximum absolute atomic E-state index is 12.6. The van der Waals surface area contributed by atoms with E-state index in [4.69, 9.17) is 0 Å². The van der Waals surface area contributed by atoms with Gasteiger partial charge in [0, 0.05) is 28.3 Å². The van der Waals surface area contributed by atoms with E-state index in [0.29, 0.717) is 23.0 Å². The minimum Gasteiger partial charge on any atom is -0.337 e. The van der Waals surface area contributed by atoms with Crippen molar-refractivity contribution in [1.82, 2.24) is 14.9 Å². The Morgan fingerprint density at radius 3 is 2.56 bits per heavy atom. The molecule has 1 saturated heterocycles. The third-order valence-corrected chi connectivity index (χ3v) is 5.95. The topological polar surface area (TPSA) is 46.1 Å². The number of benzene rings is 1. The molecular formula is C19H22BrN3OS. The molecule has 1 aliphatic heterocycles. The van der Waals surface area contributed by atoms with Crippen LogP contribution < -0.4 is 0 Å². The molecule has 1 fully saturated rings. The van der Waals surface area contributed by atoms with Crippen molar-refractivity contribution in [3.8, 4) is 11.3 Å². The van der Waals surface area contributed by atoms with Crippen molar-refractivity contribution in [3.05, 3.63) is 41.0 Å². The summed E-state index contributed by atoms with van der Waals surface area (Å²) >= 11 is 4.86. The van der Waals surface area contributed by atoms with Crippen molar-refractivity contribution >= 4 is 33.6 Å². The highest BCUT2D eigenvalue weighted by molar-refractivity contribution is 9.10. The van der Waals surface area contributed by atoms with Gasteiger partial charge in [0.15, 0.2) is 5.16 Å². The molecular weight excluding hydrogens is 398 g/mol. The average molecular weight is 420 g/mol. The molecule has 1 amide bonds. The lowest BCUT2D eigenvalue weighted by molar-refractivity contribution is -0.134. The van der Waals surface area contributed by atoms with Crippen molar-refractivity contribution in [2.75, 3.05) is 5.75 Å². The molecule has 6 heteroatoms. The number of piperidine rings is 1. The number of carbonyl (C=O) groups is 1. The van der Waals surface area contributed by atoms with Crippen LogP contribution in [0.1, 0.15) is 33.1 Å². The Bertz CT molecular complexity index is 728. The van der Waals surface area contributed by atoms with Gasteiger partial charge < -0.3 is 4.90 Å². The predicted octanol–water partition coefficient (Wildman–Crippen LogP) is 4.79. The third kappa shape index (κ3) is 4.61. The number of hydrogen-bond donors (Lipinski definition) is 0. The first-order chi connectivity index (χ1) is 12.0. The van der Waals surface area contributed by atoms with Crippen LogP contribution in [0.5, 0.6) is 0 Å². The van der Waals surface area contributed by atoms with Crippen LogP contribution in [-0.4, -0.2) is 38.6 Å². The Morgan fingerprint density at radius 1 is 1.20 bits per heavy atom. The lowest BCUT2D eigenvalue weighted by Crippen LogP contribution is -2.48. The summed E-state index contributed by atoms with van der Waals surface area (Å²) in [5.41, 5.74) is 1.91. The second-order valence-corrected chi connectivity index (χ2v) is 8.31. The van der Waals surface area contributed by atoms with E-state index in [1.807, 2.05) is 35.2 Å². The summed E-state index contributed by atoms with van der Waals surface area (Å²) in [4.78, 5) is 23.6. The zero-order valence-electron chi connectivity index (χ0n) is 14.5. The van der Waals surface area contributed by atoms with Gasteiger partial charge in [-0.25, -0.2) is 9.97 Å². The Balaban J connectivity index is 1.66. The number of halogens is 1. The summed E-state index contributed by atoms with van der Waals surface area (Å²) in [6.45, 7) is 4.28. The van der Waals surface area contributed by atoms with Gasteiger partial charge >= 0.3 is 0 Å². The molecule has 0 N–H and O–H groups in total. The number of amides is 1. The quantitative estimate of drug-likeness (QED) is 0.527. The second-order valence-electron chi connectivity index (χ2n) is 6.45. The molecule has 2 heterocycles. The van der Waals surface area contributed by atoms with E-state index in [1.54, 1.807) is 6.20 Å². The summed E-state index contributed by atoms with van der Waals surface area (Å²) in [5, 5.41) is 0.645. The van der Waals surface area contributed by atoms with Gasteiger partial charge in [-0.1, -0.05) is 39.8 Å². The second kappa shape index (κ2) is 8.32. The van der Waals surface area contributed by atoms with Crippen LogP contribution in [-0.2, 0) is 4.79 Å². The number of rotatable bonds is 4. The highest BCUT2D eigenvalue weighted by Crippen LogP contribution is 2.25. The molecule has 132 valence electrons. The molecule has 0 radical (unpaired) electrons. The van der Waals surface area contributed by atoms with E-state index in [-0.39, 0.29) is 5.91 Å². The molecule has 2 atom stereocenters. The molecule has 0 spiro atoms. The summed E-state index contributed by atoms with van der Waals surface area (Å²) in [6.07, 6.45) is 5.15. The van der Waals surface area contributed by atoms with Crippen LogP contribution in [0.4, 0.5) is 0 Å². The Labute approximate surface area is 161 Å². The van der Waals surface area contributed by atoms with E-state index in [0.717, 1.165) is 28.6 Å². The van der Waals surface area contributed by atoms with Crippen molar-refractivity contribution in [1.29, 1.82) is 0 Å². The molecule has 0 bridgehead atoms. The highest BCUT2D eigenvalue weighted by Gasteiger charge is 2.28. The zero-order chi connectivity index (χ0) is 17.8. The van der Waals surface area contributed by atoms with Gasteiger partial charge in [0.05, 0.1) is 11.4 Å². The minimum absolute atomic E-state index is 0.183. The zero-order valence-corrected chi connectivity index (χ0v) is 16.9. The Kier molecular flexibility index (Phi) is 6.12. The van der Waals surface area contributed by atoms with Crippen molar-refractivity contribution in [3.63, 3.8) is 0 Å². The fourth-order valence-corrected chi connectivity index (χ4v) is 4.27. The maximum Gasteiger partial charge on any atom is 0.233 e. The largest absolute Gasteiger partial charge is 0.337 e. The maximum atomic E-state index is 12.6. The lowest BCUT2D eigenvalue weighted by Gasteiger charge is -2.39. The number of likely N-dealkylation sites (tertiary alicyclic amines) is 1. The first-order valence-electron chi connectivity index (χ1n) is 8.57. The molecule has 0 unspecified atom stereocenters. The number of nitrogens with zero attached hydrogens (tertiary/aromatic N) is 3. The first kappa shape index (κ1) is 18.4. The van der Waals surface area contributed by atoms with Gasteiger partial charge in [0.2, 0.25) is 5.91 Å². The van der Waals surface area contributed by atoms with Crippen LogP contribution in [0.15, 0.2) is 46.2 Å². The van der Waals surface area contributed by atoms with Gasteiger partial charge in [0.25, 0.3) is 0 Å². The van der Waals surface area contributed by atoms with Crippen molar-refractivity contribution in [2.45, 2.75) is 50.4 Å². The Hall–Kier alpha value is -1.40. The smallest absolute Gasteiger partial charge is 0.233 e. The first-order valence-corrected chi connectivity index (χ1v) is 10.4. The predicted molar refractivity (Wildman–Crippen MR) is 106 cm³/mol. The SMILES string of the molecule is C[C@@H]1CCC[C@@H](C)N1C(=O)CSc1nccc(-c2ccc(Br)cc2)n1. The lowest BCUT2D eigenvalue weighted by atomic mass is 9.98. The highest BCUT2D eigenvalue weighted by atomic mass is 79.9. The summed E-state index contributed by atoms with van der Waals surface area (Å²) in [7, 11) is 0. The van der Waals surface area contributed by atoms with Gasteiger partial charge in [-0.2, -0.15) is 0 Å². The average Bonchev–Trinajstić information content (AvgIpc) is 2.61. The molecule has 25 heavy (non-hydrogen) atoms.